The van der Waals surface area contributed by atoms with Gasteiger partial charge in [-0.1, -0.05) is 18.3 Å². The minimum absolute atomic E-state index is 0.205. The van der Waals surface area contributed by atoms with Crippen molar-refractivity contribution in [2.75, 3.05) is 45.2 Å². The normalized spacial score (nSPS) is 18.8. The molecular weight excluding hydrogens is 423 g/mol. The van der Waals surface area contributed by atoms with Crippen LogP contribution in [0.5, 0.6) is 0 Å². The number of nitrogens with one attached hydrogen (secondary N) is 1. The molecule has 1 atom stereocenters. The number of rotatable bonds is 12. The van der Waals surface area contributed by atoms with E-state index in [-0.39, 0.29) is 18.1 Å². The number of carbonyl (C=O) groups is 1. The van der Waals surface area contributed by atoms with Crippen LogP contribution in [0.3, 0.4) is 0 Å². The van der Waals surface area contributed by atoms with E-state index >= 15 is 0 Å². The third kappa shape index (κ3) is 11.0. The first-order chi connectivity index (χ1) is 13.7. The van der Waals surface area contributed by atoms with Crippen molar-refractivity contribution in [3.05, 3.63) is 0 Å². The van der Waals surface area contributed by atoms with Gasteiger partial charge in [-0.05, 0) is 67.9 Å². The van der Waals surface area contributed by atoms with Crippen LogP contribution < -0.4 is 5.09 Å². The first-order valence-corrected chi connectivity index (χ1v) is 14.1. The lowest BCUT2D eigenvalue weighted by atomic mass is 9.89. The van der Waals surface area contributed by atoms with Crippen molar-refractivity contribution in [3.63, 3.8) is 0 Å². The van der Waals surface area contributed by atoms with Gasteiger partial charge in [-0.3, -0.25) is 14.3 Å². The Morgan fingerprint density at radius 1 is 1.13 bits per heavy atom. The molecule has 1 heterocycles. The molecule has 0 bridgehead atoms. The third-order valence-corrected chi connectivity index (χ3v) is 9.43. The van der Waals surface area contributed by atoms with Crippen LogP contribution in [0, 0.1) is 5.41 Å². The minimum atomic E-state index is -3.15. The molecule has 1 aliphatic heterocycles. The van der Waals surface area contributed by atoms with Gasteiger partial charge in [-0.2, -0.15) is 0 Å². The molecule has 0 aromatic rings. The molecule has 7 nitrogen and oxygen atoms in total. The van der Waals surface area contributed by atoms with Crippen molar-refractivity contribution >= 4 is 24.1 Å². The van der Waals surface area contributed by atoms with Gasteiger partial charge in [0.2, 0.25) is 0 Å². The van der Waals surface area contributed by atoms with Crippen LogP contribution in [-0.2, 0) is 23.4 Å². The fourth-order valence-corrected chi connectivity index (χ4v) is 7.63. The molecule has 0 spiro atoms. The average molecular weight is 467 g/mol. The average Bonchev–Trinajstić information content (AvgIpc) is 2.62. The van der Waals surface area contributed by atoms with Crippen LogP contribution in [0.15, 0.2) is 0 Å². The fraction of sp³-hybridized carbons (Fsp3) is 0.952. The maximum absolute atomic E-state index is 13.4. The first kappa shape index (κ1) is 27.9. The first-order valence-electron chi connectivity index (χ1n) is 10.9. The number of nitrogens with zero attached hydrogens (tertiary/aromatic N) is 1. The molecule has 30 heavy (non-hydrogen) atoms. The summed E-state index contributed by atoms with van der Waals surface area (Å²) < 4.78 is 30.2. The zero-order chi connectivity index (χ0) is 23.1. The van der Waals surface area contributed by atoms with E-state index in [1.54, 1.807) is 0 Å². The standard InChI is InChI=1S/C21H43N2O5PS/c1-9-21(7,8)22-29(25,28-19(2,3)4)30-17-16-27-18(24)20(5,6)10-11-23-12-14-26-15-13-23/h9-17H2,1-8H3,(H,22,25). The van der Waals surface area contributed by atoms with Crippen molar-refractivity contribution in [1.82, 2.24) is 9.99 Å². The van der Waals surface area contributed by atoms with Gasteiger partial charge in [0.25, 0.3) is 0 Å². The van der Waals surface area contributed by atoms with Gasteiger partial charge >= 0.3 is 12.7 Å². The van der Waals surface area contributed by atoms with Crippen molar-refractivity contribution in [2.45, 2.75) is 79.4 Å². The van der Waals surface area contributed by atoms with Crippen LogP contribution in [0.25, 0.3) is 0 Å². The van der Waals surface area contributed by atoms with Gasteiger partial charge in [-0.15, -0.1) is 0 Å². The summed E-state index contributed by atoms with van der Waals surface area (Å²) in [4.78, 5) is 14.9. The molecule has 1 N–H and O–H groups in total. The molecule has 1 rings (SSSR count). The second-order valence-electron chi connectivity index (χ2n) is 10.1. The van der Waals surface area contributed by atoms with E-state index in [2.05, 4.69) is 9.99 Å². The van der Waals surface area contributed by atoms with Crippen molar-refractivity contribution < 1.29 is 23.4 Å². The van der Waals surface area contributed by atoms with Crippen LogP contribution in [0.1, 0.15) is 68.2 Å². The summed E-state index contributed by atoms with van der Waals surface area (Å²) in [7, 11) is 0. The quantitative estimate of drug-likeness (QED) is 0.252. The maximum atomic E-state index is 13.4. The number of hydrogen-bond donors (Lipinski definition) is 1. The van der Waals surface area contributed by atoms with Crippen molar-refractivity contribution in [2.24, 2.45) is 5.41 Å². The molecule has 0 amide bonds. The van der Waals surface area contributed by atoms with Crippen LogP contribution >= 0.6 is 18.1 Å². The number of hydrogen-bond acceptors (Lipinski definition) is 7. The van der Waals surface area contributed by atoms with Crippen molar-refractivity contribution in [1.29, 1.82) is 0 Å². The lowest BCUT2D eigenvalue weighted by Gasteiger charge is -2.34. The number of carbonyl (C=O) groups excluding carboxylic acids is 1. The predicted octanol–water partition coefficient (Wildman–Crippen LogP) is 4.71. The molecule has 1 saturated heterocycles. The Morgan fingerprint density at radius 3 is 2.27 bits per heavy atom. The highest BCUT2D eigenvalue weighted by atomic mass is 32.7. The molecule has 178 valence electrons. The summed E-state index contributed by atoms with van der Waals surface area (Å²) in [5.74, 6) is 0.190. The van der Waals surface area contributed by atoms with E-state index in [1.165, 1.54) is 11.4 Å². The monoisotopic (exact) mass is 466 g/mol. The van der Waals surface area contributed by atoms with E-state index < -0.39 is 17.7 Å². The predicted molar refractivity (Wildman–Crippen MR) is 125 cm³/mol. The SMILES string of the molecule is CCC(C)(C)NP(=O)(OC(C)(C)C)SCCOC(=O)C(C)(C)CCN1CCOCC1. The summed E-state index contributed by atoms with van der Waals surface area (Å²) in [5.41, 5.74) is -1.42. The Kier molecular flexibility index (Phi) is 10.9. The van der Waals surface area contributed by atoms with Gasteiger partial charge in [0.05, 0.1) is 24.2 Å². The Hall–Kier alpha value is -0.110. The highest BCUT2D eigenvalue weighted by Gasteiger charge is 2.35. The number of ether oxygens (including phenoxy) is 2. The molecule has 1 fully saturated rings. The van der Waals surface area contributed by atoms with E-state index in [1.807, 2.05) is 55.4 Å². The summed E-state index contributed by atoms with van der Waals surface area (Å²) in [6, 6.07) is 0. The van der Waals surface area contributed by atoms with Crippen LogP contribution in [0.4, 0.5) is 0 Å². The summed E-state index contributed by atoms with van der Waals surface area (Å²) >= 11 is 1.20. The molecule has 0 saturated carbocycles. The zero-order valence-electron chi connectivity index (χ0n) is 20.2. The highest BCUT2D eigenvalue weighted by Crippen LogP contribution is 2.59. The molecule has 1 aliphatic rings. The van der Waals surface area contributed by atoms with Gasteiger partial charge in [0.1, 0.15) is 6.61 Å². The summed E-state index contributed by atoms with van der Waals surface area (Å²) in [6.07, 6.45) is 1.55. The van der Waals surface area contributed by atoms with Gasteiger partial charge in [0, 0.05) is 24.4 Å². The van der Waals surface area contributed by atoms with E-state index in [4.69, 9.17) is 14.0 Å². The van der Waals surface area contributed by atoms with Crippen LogP contribution in [0.2, 0.25) is 0 Å². The minimum Gasteiger partial charge on any atom is -0.464 e. The van der Waals surface area contributed by atoms with Gasteiger partial charge in [-0.25, -0.2) is 5.09 Å². The molecule has 0 aromatic carbocycles. The second-order valence-corrected chi connectivity index (χ2v) is 14.4. The van der Waals surface area contributed by atoms with E-state index in [9.17, 15) is 9.36 Å². The number of morpholine rings is 1. The number of esters is 1. The Labute approximate surface area is 187 Å². The molecular formula is C21H43N2O5PS. The largest absolute Gasteiger partial charge is 0.464 e. The fourth-order valence-electron chi connectivity index (χ4n) is 2.74. The Bertz CT molecular complexity index is 586. The Balaban J connectivity index is 2.51. The molecule has 9 heteroatoms. The summed E-state index contributed by atoms with van der Waals surface area (Å²) in [5, 5.41) is 3.19. The van der Waals surface area contributed by atoms with Crippen LogP contribution in [-0.4, -0.2) is 67.2 Å². The van der Waals surface area contributed by atoms with Gasteiger partial charge < -0.3 is 14.0 Å². The molecule has 0 aromatic heterocycles. The lowest BCUT2D eigenvalue weighted by Crippen LogP contribution is -2.39. The zero-order valence-corrected chi connectivity index (χ0v) is 21.9. The molecule has 1 unspecified atom stereocenters. The highest BCUT2D eigenvalue weighted by molar-refractivity contribution is 8.56. The van der Waals surface area contributed by atoms with E-state index in [0.29, 0.717) is 5.75 Å². The maximum Gasteiger partial charge on any atom is 0.327 e. The summed E-state index contributed by atoms with van der Waals surface area (Å²) in [6.45, 7) is 16.8. The van der Waals surface area contributed by atoms with Gasteiger partial charge in [0.15, 0.2) is 0 Å². The molecule has 0 aliphatic carbocycles. The third-order valence-electron chi connectivity index (χ3n) is 5.00. The molecule has 0 radical (unpaired) electrons. The topological polar surface area (TPSA) is 77.1 Å². The smallest absolute Gasteiger partial charge is 0.327 e. The second kappa shape index (κ2) is 11.7. The Morgan fingerprint density at radius 2 is 1.73 bits per heavy atom. The van der Waals surface area contributed by atoms with E-state index in [0.717, 1.165) is 45.7 Å². The lowest BCUT2D eigenvalue weighted by molar-refractivity contribution is -0.153. The van der Waals surface area contributed by atoms with Crippen molar-refractivity contribution in [3.8, 4) is 0 Å².